The molecular weight excluding hydrogens is 402 g/mol. The molecule has 0 N–H and O–H groups in total. The van der Waals surface area contributed by atoms with E-state index in [1.54, 1.807) is 37.6 Å². The van der Waals surface area contributed by atoms with Crippen LogP contribution in [0.4, 0.5) is 0 Å². The van der Waals surface area contributed by atoms with Gasteiger partial charge in [-0.15, -0.1) is 0 Å². The standard InChI is InChI=1S/C27H25NO4/c1-17-8-10-20(11-9-17)26(29)22-16-28(15-19-7-5-6-18(2)12-19)23-14-25(32-4)24(31-3)13-21(23)27(22)30/h5-14,16H,15H2,1-4H3. The lowest BCUT2D eigenvalue weighted by Gasteiger charge is -2.16. The lowest BCUT2D eigenvalue weighted by atomic mass is 10.0. The van der Waals surface area contributed by atoms with Crippen molar-refractivity contribution in [3.05, 3.63) is 105 Å². The van der Waals surface area contributed by atoms with Crippen molar-refractivity contribution in [2.45, 2.75) is 20.4 Å². The largest absolute Gasteiger partial charge is 0.493 e. The number of rotatable bonds is 6. The Balaban J connectivity index is 1.96. The maximum Gasteiger partial charge on any atom is 0.200 e. The monoisotopic (exact) mass is 427 g/mol. The number of methoxy groups -OCH3 is 2. The number of carbonyl (C=O) groups excluding carboxylic acids is 1. The first kappa shape index (κ1) is 21.4. The van der Waals surface area contributed by atoms with E-state index < -0.39 is 0 Å². The van der Waals surface area contributed by atoms with E-state index in [1.165, 1.54) is 7.11 Å². The summed E-state index contributed by atoms with van der Waals surface area (Å²) in [6, 6.07) is 18.8. The summed E-state index contributed by atoms with van der Waals surface area (Å²) in [7, 11) is 3.08. The molecule has 1 heterocycles. The van der Waals surface area contributed by atoms with Gasteiger partial charge in [0.25, 0.3) is 0 Å². The van der Waals surface area contributed by atoms with E-state index in [0.717, 1.165) is 16.7 Å². The molecule has 0 spiro atoms. The highest BCUT2D eigenvalue weighted by molar-refractivity contribution is 6.10. The summed E-state index contributed by atoms with van der Waals surface area (Å²) in [6.07, 6.45) is 1.65. The van der Waals surface area contributed by atoms with Crippen LogP contribution in [0.15, 0.2) is 71.7 Å². The number of aryl methyl sites for hydroxylation is 2. The smallest absolute Gasteiger partial charge is 0.200 e. The predicted octanol–water partition coefficient (Wildman–Crippen LogP) is 4.91. The molecule has 5 heteroatoms. The fourth-order valence-electron chi connectivity index (χ4n) is 3.88. The minimum Gasteiger partial charge on any atom is -0.493 e. The molecule has 0 saturated heterocycles. The van der Waals surface area contributed by atoms with Crippen molar-refractivity contribution in [2.24, 2.45) is 0 Å². The average molecular weight is 428 g/mol. The second-order valence-electron chi connectivity index (χ2n) is 7.91. The molecular formula is C27H25NO4. The number of hydrogen-bond donors (Lipinski definition) is 0. The molecule has 0 aliphatic rings. The lowest BCUT2D eigenvalue weighted by molar-refractivity contribution is 0.103. The van der Waals surface area contributed by atoms with Gasteiger partial charge in [-0.3, -0.25) is 9.59 Å². The number of ether oxygens (including phenoxy) is 2. The van der Waals surface area contributed by atoms with Gasteiger partial charge >= 0.3 is 0 Å². The van der Waals surface area contributed by atoms with E-state index in [4.69, 9.17) is 9.47 Å². The molecule has 5 nitrogen and oxygen atoms in total. The van der Waals surface area contributed by atoms with Gasteiger partial charge < -0.3 is 14.0 Å². The zero-order valence-corrected chi connectivity index (χ0v) is 18.6. The maximum absolute atomic E-state index is 13.4. The van der Waals surface area contributed by atoms with Crippen LogP contribution in [0, 0.1) is 13.8 Å². The van der Waals surface area contributed by atoms with Crippen LogP contribution in [0.5, 0.6) is 11.5 Å². The summed E-state index contributed by atoms with van der Waals surface area (Å²) in [5.74, 6) is 0.666. The molecule has 3 aromatic carbocycles. The molecule has 0 fully saturated rings. The molecule has 1 aromatic heterocycles. The Morgan fingerprint density at radius 3 is 2.22 bits per heavy atom. The Labute approximate surface area is 186 Å². The summed E-state index contributed by atoms with van der Waals surface area (Å²) in [5, 5.41) is 0.410. The highest BCUT2D eigenvalue weighted by atomic mass is 16.5. The fraction of sp³-hybridized carbons (Fsp3) is 0.185. The SMILES string of the molecule is COc1cc2c(=O)c(C(=O)c3ccc(C)cc3)cn(Cc3cccc(C)c3)c2cc1OC. The second-order valence-corrected chi connectivity index (χ2v) is 7.91. The molecule has 0 saturated carbocycles. The van der Waals surface area contributed by atoms with Crippen LogP contribution in [0.3, 0.4) is 0 Å². The number of aromatic nitrogens is 1. The van der Waals surface area contributed by atoms with Gasteiger partial charge in [0.1, 0.15) is 0 Å². The van der Waals surface area contributed by atoms with E-state index in [0.29, 0.717) is 34.5 Å². The zero-order valence-electron chi connectivity index (χ0n) is 18.6. The number of hydrogen-bond acceptors (Lipinski definition) is 4. The molecule has 0 amide bonds. The topological polar surface area (TPSA) is 57.5 Å². The molecule has 4 aromatic rings. The number of benzene rings is 3. The van der Waals surface area contributed by atoms with Gasteiger partial charge in [0.15, 0.2) is 17.3 Å². The van der Waals surface area contributed by atoms with Crippen LogP contribution in [0.25, 0.3) is 10.9 Å². The Bertz CT molecular complexity index is 1370. The van der Waals surface area contributed by atoms with Crippen molar-refractivity contribution in [2.75, 3.05) is 14.2 Å². The van der Waals surface area contributed by atoms with Gasteiger partial charge in [-0.05, 0) is 25.5 Å². The summed E-state index contributed by atoms with van der Waals surface area (Å²) in [4.78, 5) is 26.7. The van der Waals surface area contributed by atoms with Crippen LogP contribution >= 0.6 is 0 Å². The normalized spacial score (nSPS) is 10.9. The fourth-order valence-corrected chi connectivity index (χ4v) is 3.88. The first-order valence-corrected chi connectivity index (χ1v) is 10.4. The first-order chi connectivity index (χ1) is 15.4. The Kier molecular flexibility index (Phi) is 5.82. The van der Waals surface area contributed by atoms with Crippen molar-refractivity contribution in [1.29, 1.82) is 0 Å². The summed E-state index contributed by atoms with van der Waals surface area (Å²) in [5.41, 5.74) is 4.22. The van der Waals surface area contributed by atoms with Crippen LogP contribution in [-0.2, 0) is 6.54 Å². The van der Waals surface area contributed by atoms with Crippen LogP contribution < -0.4 is 14.9 Å². The van der Waals surface area contributed by atoms with Gasteiger partial charge in [-0.25, -0.2) is 0 Å². The Morgan fingerprint density at radius 1 is 0.875 bits per heavy atom. The summed E-state index contributed by atoms with van der Waals surface area (Å²) >= 11 is 0. The van der Waals surface area contributed by atoms with E-state index in [9.17, 15) is 9.59 Å². The molecule has 0 bridgehead atoms. The van der Waals surface area contributed by atoms with Gasteiger partial charge in [0.2, 0.25) is 5.43 Å². The van der Waals surface area contributed by atoms with Crippen LogP contribution in [0.2, 0.25) is 0 Å². The van der Waals surface area contributed by atoms with E-state index in [1.807, 2.05) is 48.7 Å². The number of carbonyl (C=O) groups is 1. The molecule has 0 radical (unpaired) electrons. The molecule has 32 heavy (non-hydrogen) atoms. The molecule has 0 aliphatic heterocycles. The Morgan fingerprint density at radius 2 is 1.56 bits per heavy atom. The van der Waals surface area contributed by atoms with Crippen molar-refractivity contribution in [1.82, 2.24) is 4.57 Å². The number of ketones is 1. The third-order valence-corrected chi connectivity index (χ3v) is 5.58. The average Bonchev–Trinajstić information content (AvgIpc) is 2.80. The van der Waals surface area contributed by atoms with Gasteiger partial charge in [0, 0.05) is 24.4 Å². The number of pyridine rings is 1. The van der Waals surface area contributed by atoms with Gasteiger partial charge in [-0.2, -0.15) is 0 Å². The van der Waals surface area contributed by atoms with Crippen LogP contribution in [-0.4, -0.2) is 24.6 Å². The third kappa shape index (κ3) is 4.02. The van der Waals surface area contributed by atoms with Crippen LogP contribution in [0.1, 0.15) is 32.6 Å². The number of nitrogens with zero attached hydrogens (tertiary/aromatic N) is 1. The third-order valence-electron chi connectivity index (χ3n) is 5.58. The molecule has 0 unspecified atom stereocenters. The second kappa shape index (κ2) is 8.71. The highest BCUT2D eigenvalue weighted by Crippen LogP contribution is 2.31. The molecule has 4 rings (SSSR count). The summed E-state index contributed by atoms with van der Waals surface area (Å²) in [6.45, 7) is 4.49. The maximum atomic E-state index is 13.4. The molecule has 0 atom stereocenters. The van der Waals surface area contributed by atoms with E-state index >= 15 is 0 Å². The quantitative estimate of drug-likeness (QED) is 0.410. The summed E-state index contributed by atoms with van der Waals surface area (Å²) < 4.78 is 12.8. The van der Waals surface area contributed by atoms with Gasteiger partial charge in [0.05, 0.1) is 30.7 Å². The van der Waals surface area contributed by atoms with E-state index in [2.05, 4.69) is 6.07 Å². The minimum atomic E-state index is -0.327. The Hall–Kier alpha value is -3.86. The van der Waals surface area contributed by atoms with Crippen molar-refractivity contribution >= 4 is 16.7 Å². The van der Waals surface area contributed by atoms with Crippen molar-refractivity contribution in [3.8, 4) is 11.5 Å². The number of fused-ring (bicyclic) bond motifs is 1. The molecule has 162 valence electrons. The van der Waals surface area contributed by atoms with E-state index in [-0.39, 0.29) is 16.8 Å². The van der Waals surface area contributed by atoms with Gasteiger partial charge in [-0.1, -0.05) is 59.7 Å². The highest BCUT2D eigenvalue weighted by Gasteiger charge is 2.19. The van der Waals surface area contributed by atoms with Crippen molar-refractivity contribution in [3.63, 3.8) is 0 Å². The minimum absolute atomic E-state index is 0.126. The first-order valence-electron chi connectivity index (χ1n) is 10.4. The zero-order chi connectivity index (χ0) is 22.8. The lowest BCUT2D eigenvalue weighted by Crippen LogP contribution is -2.20. The molecule has 0 aliphatic carbocycles. The van der Waals surface area contributed by atoms with Crippen molar-refractivity contribution < 1.29 is 14.3 Å². The predicted molar refractivity (Wildman–Crippen MR) is 126 cm³/mol.